The Kier molecular flexibility index (Phi) is 14.3. The summed E-state index contributed by atoms with van der Waals surface area (Å²) in [5.74, 6) is -0.868. The Balaban J connectivity index is 1.31. The molecule has 4 heterocycles. The molecule has 2 fully saturated rings. The molecule has 1 aliphatic carbocycles. The Morgan fingerprint density at radius 3 is 2.61 bits per heavy atom. The molecule has 7 rings (SSSR count). The van der Waals surface area contributed by atoms with Crippen LogP contribution in [0.3, 0.4) is 0 Å². The zero-order valence-electron chi connectivity index (χ0n) is 34.5. The number of nitrogens with one attached hydrogen (secondary N) is 1. The number of anilines is 1. The quantitative estimate of drug-likeness (QED) is 0.278. The number of carbonyl (C=O) groups excluding carboxylic acids is 2. The number of fused-ring (bicyclic) bond motifs is 3. The molecule has 2 amide bonds. The van der Waals surface area contributed by atoms with E-state index >= 15 is 4.21 Å². The van der Waals surface area contributed by atoms with Crippen LogP contribution in [0.5, 0.6) is 11.6 Å². The van der Waals surface area contributed by atoms with E-state index in [0.29, 0.717) is 56.8 Å². The molecule has 6 atom stereocenters. The molecule has 14 nitrogen and oxygen atoms in total. The van der Waals surface area contributed by atoms with Crippen LogP contribution in [0.25, 0.3) is 0 Å². The van der Waals surface area contributed by atoms with Crippen molar-refractivity contribution in [1.29, 1.82) is 0 Å². The molecule has 1 unspecified atom stereocenters. The topological polar surface area (TPSA) is 146 Å². The molecule has 1 saturated carbocycles. The predicted molar refractivity (Wildman–Crippen MR) is 227 cm³/mol. The third-order valence-corrected chi connectivity index (χ3v) is 14.1. The summed E-state index contributed by atoms with van der Waals surface area (Å²) in [6.45, 7) is 7.74. The van der Waals surface area contributed by atoms with Gasteiger partial charge in [-0.3, -0.25) is 23.9 Å². The Labute approximate surface area is 352 Å². The first-order valence-electron chi connectivity index (χ1n) is 20.6. The number of carbonyl (C=O) groups is 2. The lowest BCUT2D eigenvalue weighted by molar-refractivity contribution is -0.0000547. The highest BCUT2D eigenvalue weighted by molar-refractivity contribution is 7.92. The van der Waals surface area contributed by atoms with Crippen molar-refractivity contribution in [2.24, 2.45) is 29.2 Å². The molecule has 2 bridgehead atoms. The van der Waals surface area contributed by atoms with Crippen molar-refractivity contribution in [3.8, 4) is 11.6 Å². The summed E-state index contributed by atoms with van der Waals surface area (Å²) in [6, 6.07) is 11.3. The summed E-state index contributed by atoms with van der Waals surface area (Å²) in [5.41, 5.74) is 3.37. The molecule has 1 N–H and O–H groups in total. The van der Waals surface area contributed by atoms with Crippen LogP contribution in [-0.2, 0) is 44.1 Å². The van der Waals surface area contributed by atoms with Crippen LogP contribution >= 0.6 is 11.6 Å². The number of rotatable bonds is 8. The average molecular weight is 853 g/mol. The first-order chi connectivity index (χ1) is 28.5. The zero-order chi connectivity index (χ0) is 41.5. The molecule has 59 heavy (non-hydrogen) atoms. The summed E-state index contributed by atoms with van der Waals surface area (Å²) < 4.78 is 53.6. The van der Waals surface area contributed by atoms with Crippen molar-refractivity contribution in [2.75, 3.05) is 77.5 Å². The maximum absolute atomic E-state index is 15.1. The molecule has 3 aromatic rings. The minimum atomic E-state index is -3.79. The molecule has 1 aromatic heterocycles. The molecule has 4 aliphatic rings. The summed E-state index contributed by atoms with van der Waals surface area (Å²) >= 11 is 6.52. The van der Waals surface area contributed by atoms with Crippen molar-refractivity contribution >= 4 is 39.0 Å². The van der Waals surface area contributed by atoms with Gasteiger partial charge in [0.2, 0.25) is 5.88 Å². The van der Waals surface area contributed by atoms with E-state index in [1.165, 1.54) is 23.6 Å². The number of halogens is 1. The van der Waals surface area contributed by atoms with Crippen LogP contribution in [0, 0.1) is 17.8 Å². The summed E-state index contributed by atoms with van der Waals surface area (Å²) in [4.78, 5) is 32.8. The smallest absolute Gasteiger partial charge is 0.286 e. The van der Waals surface area contributed by atoms with Crippen molar-refractivity contribution < 1.29 is 37.5 Å². The standard InChI is InChI=1S/C43H57ClN6O8S/c1-29-28-59(53,47-42(52)36-27-48(2)45-43(36)55-4)46-41(51)31-10-13-40-37(24-31)50(25-32-8-11-34(44)23-30(32)7-5-6-19-57-40)26-33-9-12-35(33)39(54-3)15-14-38(29)58-22-18-49-16-20-56-21-17-49/h8,10-11,13-15,23-24,27,29,33,35,38-39H,5-7,9,12,16-22,25-26,28H2,1-4H3,(H,46,47,51,52,53)/b15-14+/t29-,33+,35-,38+,39+,59?/m1/s1. The van der Waals surface area contributed by atoms with Crippen molar-refractivity contribution in [3.63, 3.8) is 0 Å². The fourth-order valence-corrected chi connectivity index (χ4v) is 10.5. The van der Waals surface area contributed by atoms with Crippen molar-refractivity contribution in [3.05, 3.63) is 82.0 Å². The van der Waals surface area contributed by atoms with Crippen LogP contribution in [0.15, 0.2) is 59.1 Å². The first kappa shape index (κ1) is 43.1. The van der Waals surface area contributed by atoms with Gasteiger partial charge in [-0.2, -0.15) is 0 Å². The van der Waals surface area contributed by atoms with Crippen LogP contribution in [0.4, 0.5) is 5.69 Å². The van der Waals surface area contributed by atoms with Gasteiger partial charge >= 0.3 is 0 Å². The molecular formula is C43H57ClN6O8S. The molecule has 3 aliphatic heterocycles. The Morgan fingerprint density at radius 1 is 1.03 bits per heavy atom. The van der Waals surface area contributed by atoms with Gasteiger partial charge in [-0.15, -0.1) is 9.46 Å². The summed E-state index contributed by atoms with van der Waals surface area (Å²) in [5, 5.41) is 4.89. The second kappa shape index (κ2) is 19.6. The lowest BCUT2D eigenvalue weighted by atomic mass is 9.70. The van der Waals surface area contributed by atoms with E-state index in [0.717, 1.165) is 56.4 Å². The zero-order valence-corrected chi connectivity index (χ0v) is 36.1. The SMILES string of the molecule is COc1nn(C)cc1C(=O)NS1(=O)=NC(=O)c2ccc3c(c2)N(Cc2ccc(Cl)cc2CCCCO3)C[C@@H]2CC[C@H]2[C@@H](OC)/C=C/[C@H](OCCN2CCOCC2)[C@H](C)C1. The molecule has 1 saturated heterocycles. The third-order valence-electron chi connectivity index (χ3n) is 11.9. The maximum atomic E-state index is 15.1. The van der Waals surface area contributed by atoms with Gasteiger partial charge in [0.25, 0.3) is 11.8 Å². The van der Waals surface area contributed by atoms with Gasteiger partial charge < -0.3 is 28.6 Å². The fourth-order valence-electron chi connectivity index (χ4n) is 8.47. The monoisotopic (exact) mass is 852 g/mol. The number of methoxy groups -OCH3 is 2. The van der Waals surface area contributed by atoms with E-state index < -0.39 is 33.8 Å². The second-order valence-corrected chi connectivity index (χ2v) is 18.4. The number of hydrogen-bond acceptors (Lipinski definition) is 11. The molecule has 320 valence electrons. The maximum Gasteiger partial charge on any atom is 0.286 e. The largest absolute Gasteiger partial charge is 0.491 e. The van der Waals surface area contributed by atoms with E-state index in [9.17, 15) is 9.59 Å². The number of benzene rings is 2. The molecule has 0 spiro atoms. The highest BCUT2D eigenvalue weighted by Crippen LogP contribution is 2.42. The van der Waals surface area contributed by atoms with Gasteiger partial charge in [-0.25, -0.2) is 4.21 Å². The number of ether oxygens (including phenoxy) is 5. The van der Waals surface area contributed by atoms with E-state index in [4.69, 9.17) is 35.3 Å². The normalized spacial score (nSPS) is 27.4. The lowest BCUT2D eigenvalue weighted by Crippen LogP contribution is -2.43. The Hall–Kier alpha value is -3.99. The van der Waals surface area contributed by atoms with E-state index in [2.05, 4.69) is 42.2 Å². The van der Waals surface area contributed by atoms with Crippen molar-refractivity contribution in [2.45, 2.75) is 57.8 Å². The van der Waals surface area contributed by atoms with Gasteiger partial charge in [0.15, 0.2) is 0 Å². The number of hydrogen-bond donors (Lipinski definition) is 1. The minimum Gasteiger partial charge on any atom is -0.491 e. The van der Waals surface area contributed by atoms with Gasteiger partial charge in [-0.1, -0.05) is 36.7 Å². The Morgan fingerprint density at radius 2 is 1.85 bits per heavy atom. The van der Waals surface area contributed by atoms with Gasteiger partial charge in [0.1, 0.15) is 21.2 Å². The highest BCUT2D eigenvalue weighted by Gasteiger charge is 2.38. The van der Waals surface area contributed by atoms with E-state index in [1.807, 2.05) is 19.1 Å². The minimum absolute atomic E-state index is 0.0564. The number of nitrogens with zero attached hydrogens (tertiary/aromatic N) is 5. The fraction of sp³-hybridized carbons (Fsp3) is 0.558. The van der Waals surface area contributed by atoms with Gasteiger partial charge in [-0.05, 0) is 85.4 Å². The molecule has 16 heteroatoms. The third kappa shape index (κ3) is 10.7. The lowest BCUT2D eigenvalue weighted by Gasteiger charge is -2.43. The average Bonchev–Trinajstić information content (AvgIpc) is 3.59. The van der Waals surface area contributed by atoms with Crippen LogP contribution in [0.2, 0.25) is 5.02 Å². The van der Waals surface area contributed by atoms with Crippen LogP contribution in [0.1, 0.15) is 64.4 Å². The number of aromatic nitrogens is 2. The molecular weight excluding hydrogens is 796 g/mol. The second-order valence-electron chi connectivity index (χ2n) is 16.0. The van der Waals surface area contributed by atoms with Gasteiger partial charge in [0.05, 0.1) is 57.2 Å². The van der Waals surface area contributed by atoms with Crippen LogP contribution < -0.4 is 19.1 Å². The van der Waals surface area contributed by atoms with E-state index in [-0.39, 0.29) is 40.7 Å². The summed E-state index contributed by atoms with van der Waals surface area (Å²) in [6.07, 6.45) is 9.46. The van der Waals surface area contributed by atoms with Crippen molar-refractivity contribution in [1.82, 2.24) is 19.4 Å². The van der Waals surface area contributed by atoms with Crippen LogP contribution in [-0.4, -0.2) is 115 Å². The first-order valence-corrected chi connectivity index (χ1v) is 22.7. The summed E-state index contributed by atoms with van der Waals surface area (Å²) in [7, 11) is 1.00. The number of aryl methyl sites for hydroxylation is 2. The predicted octanol–water partition coefficient (Wildman–Crippen LogP) is 5.72. The van der Waals surface area contributed by atoms with Gasteiger partial charge in [0, 0.05) is 69.6 Å². The number of amides is 2. The molecule has 0 radical (unpaired) electrons. The number of morpholine rings is 1. The Bertz CT molecular complexity index is 2110. The molecule has 2 aromatic carbocycles. The van der Waals surface area contributed by atoms with E-state index in [1.54, 1.807) is 32.4 Å². The highest BCUT2D eigenvalue weighted by atomic mass is 35.5.